The van der Waals surface area contributed by atoms with Crippen LogP contribution in [0.5, 0.6) is 17.2 Å². The lowest BCUT2D eigenvalue weighted by Gasteiger charge is -2.19. The van der Waals surface area contributed by atoms with Crippen LogP contribution in [0.3, 0.4) is 0 Å². The molecule has 166 valence electrons. The number of halogens is 1. The van der Waals surface area contributed by atoms with E-state index in [-0.39, 0.29) is 17.0 Å². The summed E-state index contributed by atoms with van der Waals surface area (Å²) in [6.07, 6.45) is 0. The number of carbonyl (C=O) groups is 2. The molecule has 5 rings (SSSR count). The molecule has 2 heterocycles. The van der Waals surface area contributed by atoms with E-state index in [9.17, 15) is 14.0 Å². The quantitative estimate of drug-likeness (QED) is 0.597. The number of nitrogens with zero attached hydrogens (tertiary/aromatic N) is 1. The van der Waals surface area contributed by atoms with E-state index in [0.29, 0.717) is 41.7 Å². The molecule has 0 saturated carbocycles. The van der Waals surface area contributed by atoms with Crippen LogP contribution in [0.4, 0.5) is 15.8 Å². The van der Waals surface area contributed by atoms with Gasteiger partial charge in [-0.3, -0.25) is 9.59 Å². The van der Waals surface area contributed by atoms with Crippen LogP contribution in [-0.2, 0) is 9.59 Å². The Kier molecular flexibility index (Phi) is 5.18. The lowest BCUT2D eigenvalue weighted by atomic mass is 10.0. The van der Waals surface area contributed by atoms with Gasteiger partial charge in [0.25, 0.3) is 11.8 Å². The van der Waals surface area contributed by atoms with E-state index in [1.165, 1.54) is 31.4 Å². The van der Waals surface area contributed by atoms with Gasteiger partial charge in [-0.15, -0.1) is 0 Å². The Morgan fingerprint density at radius 3 is 2.39 bits per heavy atom. The molecule has 2 amide bonds. The second-order valence-corrected chi connectivity index (χ2v) is 7.36. The highest BCUT2D eigenvalue weighted by molar-refractivity contribution is 6.46. The predicted octanol–water partition coefficient (Wildman–Crippen LogP) is 4.00. The van der Waals surface area contributed by atoms with Gasteiger partial charge in [-0.05, 0) is 42.5 Å². The topological polar surface area (TPSA) is 77.1 Å². The molecule has 0 spiro atoms. The van der Waals surface area contributed by atoms with Crippen molar-refractivity contribution in [2.75, 3.05) is 30.5 Å². The summed E-state index contributed by atoms with van der Waals surface area (Å²) >= 11 is 0. The van der Waals surface area contributed by atoms with E-state index in [2.05, 4.69) is 5.32 Å². The van der Waals surface area contributed by atoms with E-state index in [1.54, 1.807) is 42.5 Å². The van der Waals surface area contributed by atoms with E-state index >= 15 is 0 Å². The highest BCUT2D eigenvalue weighted by atomic mass is 19.1. The van der Waals surface area contributed by atoms with Gasteiger partial charge in [0.05, 0.1) is 18.4 Å². The number of hydrogen-bond donors (Lipinski definition) is 1. The van der Waals surface area contributed by atoms with Crippen molar-refractivity contribution in [3.8, 4) is 17.2 Å². The summed E-state index contributed by atoms with van der Waals surface area (Å²) in [5.74, 6) is 0.00497. The molecule has 3 aromatic carbocycles. The summed E-state index contributed by atoms with van der Waals surface area (Å²) in [5, 5.41) is 3.08. The Labute approximate surface area is 189 Å². The first-order chi connectivity index (χ1) is 16.1. The largest absolute Gasteiger partial charge is 0.496 e. The van der Waals surface area contributed by atoms with Crippen LogP contribution in [0.1, 0.15) is 5.56 Å². The maximum Gasteiger partial charge on any atom is 0.282 e. The second kappa shape index (κ2) is 8.31. The number of ether oxygens (including phenoxy) is 3. The number of hydrogen-bond acceptors (Lipinski definition) is 6. The fourth-order valence-corrected chi connectivity index (χ4v) is 3.84. The predicted molar refractivity (Wildman–Crippen MR) is 120 cm³/mol. The summed E-state index contributed by atoms with van der Waals surface area (Å²) in [7, 11) is 1.49. The van der Waals surface area contributed by atoms with Crippen molar-refractivity contribution in [1.29, 1.82) is 0 Å². The van der Waals surface area contributed by atoms with Gasteiger partial charge in [0.2, 0.25) is 0 Å². The highest BCUT2D eigenvalue weighted by Gasteiger charge is 2.41. The zero-order chi connectivity index (χ0) is 22.9. The smallest absolute Gasteiger partial charge is 0.282 e. The summed E-state index contributed by atoms with van der Waals surface area (Å²) in [5.41, 5.74) is 1.49. The molecule has 0 aliphatic carbocycles. The summed E-state index contributed by atoms with van der Waals surface area (Å²) in [6.45, 7) is 0.879. The molecule has 0 aromatic heterocycles. The Hall–Kier alpha value is -4.33. The molecule has 7 nitrogen and oxygen atoms in total. The van der Waals surface area contributed by atoms with Gasteiger partial charge in [0.15, 0.2) is 11.5 Å². The lowest BCUT2D eigenvalue weighted by Crippen LogP contribution is -2.32. The van der Waals surface area contributed by atoms with Gasteiger partial charge in [0.1, 0.15) is 30.5 Å². The molecular weight excluding hydrogens is 427 g/mol. The van der Waals surface area contributed by atoms with Crippen molar-refractivity contribution < 1.29 is 28.2 Å². The van der Waals surface area contributed by atoms with Gasteiger partial charge >= 0.3 is 0 Å². The summed E-state index contributed by atoms with van der Waals surface area (Å²) in [4.78, 5) is 28.0. The molecule has 8 heteroatoms. The second-order valence-electron chi connectivity index (χ2n) is 7.36. The van der Waals surface area contributed by atoms with Gasteiger partial charge in [-0.2, -0.15) is 0 Å². The average Bonchev–Trinajstić information content (AvgIpc) is 3.08. The molecule has 0 atom stereocenters. The van der Waals surface area contributed by atoms with Crippen LogP contribution in [0.25, 0.3) is 5.57 Å². The number of para-hydroxylation sites is 1. The van der Waals surface area contributed by atoms with Gasteiger partial charge in [-0.25, -0.2) is 9.29 Å². The van der Waals surface area contributed by atoms with Crippen molar-refractivity contribution in [1.82, 2.24) is 0 Å². The van der Waals surface area contributed by atoms with Crippen LogP contribution in [-0.4, -0.2) is 32.1 Å². The zero-order valence-corrected chi connectivity index (χ0v) is 17.6. The number of imide groups is 1. The molecule has 2 aliphatic heterocycles. The van der Waals surface area contributed by atoms with Crippen molar-refractivity contribution in [2.45, 2.75) is 0 Å². The number of anilines is 2. The van der Waals surface area contributed by atoms with E-state index in [1.807, 2.05) is 0 Å². The van der Waals surface area contributed by atoms with Crippen molar-refractivity contribution >= 4 is 28.8 Å². The summed E-state index contributed by atoms with van der Waals surface area (Å²) < 4.78 is 30.1. The molecule has 0 saturated heterocycles. The first-order valence-corrected chi connectivity index (χ1v) is 10.3. The Morgan fingerprint density at radius 1 is 0.909 bits per heavy atom. The third kappa shape index (κ3) is 3.65. The zero-order valence-electron chi connectivity index (χ0n) is 17.6. The molecule has 0 bridgehead atoms. The Morgan fingerprint density at radius 2 is 1.64 bits per heavy atom. The molecule has 0 radical (unpaired) electrons. The number of fused-ring (bicyclic) bond motifs is 1. The van der Waals surface area contributed by atoms with Crippen LogP contribution in [0.2, 0.25) is 0 Å². The number of benzene rings is 3. The van der Waals surface area contributed by atoms with Crippen LogP contribution >= 0.6 is 0 Å². The SMILES string of the molecule is COc1ccccc1C1=C(Nc2ccc3c(c2)OCCO3)C(=O)N(c2ccc(F)cc2)C1=O. The van der Waals surface area contributed by atoms with Crippen molar-refractivity contribution in [2.24, 2.45) is 0 Å². The van der Waals surface area contributed by atoms with Gasteiger partial charge in [0, 0.05) is 17.3 Å². The van der Waals surface area contributed by atoms with E-state index in [4.69, 9.17) is 14.2 Å². The minimum atomic E-state index is -0.567. The molecule has 2 aliphatic rings. The Balaban J connectivity index is 1.61. The normalized spacial score (nSPS) is 15.2. The van der Waals surface area contributed by atoms with Gasteiger partial charge in [-0.1, -0.05) is 18.2 Å². The number of nitrogens with one attached hydrogen (secondary N) is 1. The average molecular weight is 446 g/mol. The lowest BCUT2D eigenvalue weighted by molar-refractivity contribution is -0.120. The third-order valence-corrected chi connectivity index (χ3v) is 5.36. The van der Waals surface area contributed by atoms with Crippen molar-refractivity contribution in [3.63, 3.8) is 0 Å². The summed E-state index contributed by atoms with van der Waals surface area (Å²) in [6, 6.07) is 17.3. The fourth-order valence-electron chi connectivity index (χ4n) is 3.84. The van der Waals surface area contributed by atoms with Crippen LogP contribution in [0.15, 0.2) is 72.4 Å². The van der Waals surface area contributed by atoms with Crippen LogP contribution < -0.4 is 24.4 Å². The van der Waals surface area contributed by atoms with E-state index in [0.717, 1.165) is 4.90 Å². The molecule has 0 fully saturated rings. The number of carbonyl (C=O) groups excluding carboxylic acids is 2. The molecule has 1 N–H and O–H groups in total. The maximum atomic E-state index is 13.5. The Bertz CT molecular complexity index is 1290. The monoisotopic (exact) mass is 446 g/mol. The first kappa shape index (κ1) is 20.6. The maximum absolute atomic E-state index is 13.5. The number of amides is 2. The van der Waals surface area contributed by atoms with Crippen molar-refractivity contribution in [3.05, 3.63) is 83.8 Å². The van der Waals surface area contributed by atoms with Crippen LogP contribution in [0, 0.1) is 5.82 Å². The minimum Gasteiger partial charge on any atom is -0.496 e. The fraction of sp³-hybridized carbons (Fsp3) is 0.120. The van der Waals surface area contributed by atoms with E-state index < -0.39 is 17.6 Å². The number of methoxy groups -OCH3 is 1. The van der Waals surface area contributed by atoms with Gasteiger partial charge < -0.3 is 19.5 Å². The minimum absolute atomic E-state index is 0.0745. The standard InChI is InChI=1S/C25H19FN2O5/c1-31-19-5-3-2-4-18(19)22-23(27-16-8-11-20-21(14-16)33-13-12-32-20)25(30)28(24(22)29)17-9-6-15(26)7-10-17/h2-11,14,27H,12-13H2,1H3. The molecule has 0 unspecified atom stereocenters. The number of rotatable bonds is 5. The molecular formula is C25H19FN2O5. The first-order valence-electron chi connectivity index (χ1n) is 10.3. The highest BCUT2D eigenvalue weighted by Crippen LogP contribution is 2.39. The third-order valence-electron chi connectivity index (χ3n) is 5.36. The molecule has 3 aromatic rings. The molecule has 33 heavy (non-hydrogen) atoms.